The van der Waals surface area contributed by atoms with E-state index in [1.807, 2.05) is 32.9 Å². The molecule has 0 heterocycles. The van der Waals surface area contributed by atoms with Gasteiger partial charge in [-0.05, 0) is 32.4 Å². The molecule has 0 N–H and O–H groups in total. The highest BCUT2D eigenvalue weighted by molar-refractivity contribution is 8.13. The van der Waals surface area contributed by atoms with Gasteiger partial charge in [0.05, 0.1) is 11.9 Å². The van der Waals surface area contributed by atoms with Crippen molar-refractivity contribution in [2.24, 2.45) is 0 Å². The molecule has 0 spiro atoms. The van der Waals surface area contributed by atoms with E-state index in [0.29, 0.717) is 11.3 Å². The average molecular weight is 263 g/mol. The predicted octanol–water partition coefficient (Wildman–Crippen LogP) is 2.85. The molecule has 90 valence electrons. The van der Waals surface area contributed by atoms with E-state index in [-0.39, 0.29) is 11.9 Å². The fourth-order valence-corrected chi connectivity index (χ4v) is 2.44. The second kappa shape index (κ2) is 5.06. The third kappa shape index (κ3) is 4.02. The molecule has 0 unspecified atom stereocenters. The quantitative estimate of drug-likeness (QED) is 0.784. The maximum Gasteiger partial charge on any atom is 0.236 e. The number of aryl methyl sites for hydroxylation is 1. The molecule has 1 rings (SSSR count). The van der Waals surface area contributed by atoms with Crippen molar-refractivity contribution in [3.63, 3.8) is 0 Å². The summed E-state index contributed by atoms with van der Waals surface area (Å²) in [5, 5.41) is 0. The Balaban J connectivity index is 3.13. The lowest BCUT2D eigenvalue weighted by Crippen LogP contribution is -2.09. The van der Waals surface area contributed by atoms with E-state index < -0.39 is 9.05 Å². The molecule has 16 heavy (non-hydrogen) atoms. The summed E-state index contributed by atoms with van der Waals surface area (Å²) in [6.45, 7) is 5.62. The van der Waals surface area contributed by atoms with E-state index in [1.165, 1.54) is 0 Å². The number of benzene rings is 1. The number of rotatable bonds is 4. The first kappa shape index (κ1) is 13.3. The van der Waals surface area contributed by atoms with E-state index in [4.69, 9.17) is 15.4 Å². The van der Waals surface area contributed by atoms with Crippen molar-refractivity contribution < 1.29 is 13.2 Å². The van der Waals surface area contributed by atoms with Gasteiger partial charge in [0.15, 0.2) is 0 Å². The van der Waals surface area contributed by atoms with E-state index in [2.05, 4.69) is 0 Å². The first-order valence-electron chi connectivity index (χ1n) is 4.97. The molecule has 0 saturated carbocycles. The molecular formula is C11H15ClO3S. The molecule has 0 atom stereocenters. The Morgan fingerprint density at radius 2 is 2.00 bits per heavy atom. The van der Waals surface area contributed by atoms with E-state index in [0.717, 1.165) is 5.56 Å². The fourth-order valence-electron chi connectivity index (χ4n) is 1.40. The summed E-state index contributed by atoms with van der Waals surface area (Å²) in [4.78, 5) is 0. The molecule has 0 aliphatic carbocycles. The predicted molar refractivity (Wildman–Crippen MR) is 65.4 cm³/mol. The Morgan fingerprint density at radius 1 is 1.38 bits per heavy atom. The van der Waals surface area contributed by atoms with Gasteiger partial charge in [-0.2, -0.15) is 0 Å². The van der Waals surface area contributed by atoms with Crippen molar-refractivity contribution >= 4 is 19.7 Å². The minimum absolute atomic E-state index is 0.00132. The maximum absolute atomic E-state index is 11.1. The van der Waals surface area contributed by atoms with Crippen molar-refractivity contribution in [2.75, 3.05) is 0 Å². The van der Waals surface area contributed by atoms with Gasteiger partial charge in [0.1, 0.15) is 5.75 Å². The number of halogens is 1. The van der Waals surface area contributed by atoms with Crippen LogP contribution in [0.15, 0.2) is 18.2 Å². The Kier molecular flexibility index (Phi) is 4.21. The van der Waals surface area contributed by atoms with Crippen molar-refractivity contribution in [1.82, 2.24) is 0 Å². The zero-order valence-corrected chi connectivity index (χ0v) is 11.1. The van der Waals surface area contributed by atoms with Gasteiger partial charge in [0, 0.05) is 16.2 Å². The molecule has 0 aromatic heterocycles. The van der Waals surface area contributed by atoms with Crippen molar-refractivity contribution in [3.05, 3.63) is 29.3 Å². The summed E-state index contributed by atoms with van der Waals surface area (Å²) in [7, 11) is 1.70. The van der Waals surface area contributed by atoms with Crippen molar-refractivity contribution in [3.8, 4) is 5.75 Å². The molecule has 1 aromatic rings. The van der Waals surface area contributed by atoms with Gasteiger partial charge >= 0.3 is 0 Å². The lowest BCUT2D eigenvalue weighted by atomic mass is 10.1. The zero-order chi connectivity index (χ0) is 12.3. The van der Waals surface area contributed by atoms with Crippen LogP contribution in [0.4, 0.5) is 0 Å². The largest absolute Gasteiger partial charge is 0.491 e. The summed E-state index contributed by atoms with van der Waals surface area (Å²) in [5.74, 6) is 0.378. The van der Waals surface area contributed by atoms with Crippen LogP contribution in [-0.4, -0.2) is 14.5 Å². The second-order valence-electron chi connectivity index (χ2n) is 3.90. The van der Waals surface area contributed by atoms with Gasteiger partial charge < -0.3 is 4.74 Å². The summed E-state index contributed by atoms with van der Waals surface area (Å²) in [6, 6.07) is 5.42. The summed E-state index contributed by atoms with van der Waals surface area (Å²) >= 11 is 0. The first-order chi connectivity index (χ1) is 7.29. The van der Waals surface area contributed by atoms with Crippen molar-refractivity contribution in [2.45, 2.75) is 32.6 Å². The zero-order valence-electron chi connectivity index (χ0n) is 9.53. The Bertz CT molecular complexity index is 466. The Morgan fingerprint density at radius 3 is 2.50 bits per heavy atom. The van der Waals surface area contributed by atoms with Crippen LogP contribution in [0.5, 0.6) is 5.75 Å². The standard InChI is InChI=1S/C11H15ClO3S/c1-8(2)15-11-6-4-5-9(3)10(11)7-16(12,13)14/h4-6,8H,7H2,1-3H3. The van der Waals surface area contributed by atoms with Crippen LogP contribution in [0.2, 0.25) is 0 Å². The van der Waals surface area contributed by atoms with Gasteiger partial charge in [-0.15, -0.1) is 0 Å². The normalized spacial score (nSPS) is 11.8. The number of hydrogen-bond donors (Lipinski definition) is 0. The van der Waals surface area contributed by atoms with Crippen LogP contribution in [-0.2, 0) is 14.8 Å². The van der Waals surface area contributed by atoms with Crippen LogP contribution < -0.4 is 4.74 Å². The molecule has 0 fully saturated rings. The number of hydrogen-bond acceptors (Lipinski definition) is 3. The fraction of sp³-hybridized carbons (Fsp3) is 0.455. The smallest absolute Gasteiger partial charge is 0.236 e. The molecule has 5 heteroatoms. The van der Waals surface area contributed by atoms with Crippen molar-refractivity contribution in [1.29, 1.82) is 0 Å². The molecule has 0 aliphatic heterocycles. The molecule has 1 aromatic carbocycles. The van der Waals surface area contributed by atoms with Gasteiger partial charge in [0.25, 0.3) is 0 Å². The lowest BCUT2D eigenvalue weighted by Gasteiger charge is -2.15. The third-order valence-electron chi connectivity index (χ3n) is 2.05. The summed E-state index contributed by atoms with van der Waals surface area (Å²) in [5.41, 5.74) is 1.49. The molecule has 0 aliphatic rings. The SMILES string of the molecule is Cc1cccc(OC(C)C)c1CS(=O)(=O)Cl. The topological polar surface area (TPSA) is 43.4 Å². The average Bonchev–Trinajstić information content (AvgIpc) is 2.08. The molecular weight excluding hydrogens is 248 g/mol. The lowest BCUT2D eigenvalue weighted by molar-refractivity contribution is 0.240. The minimum Gasteiger partial charge on any atom is -0.491 e. The van der Waals surface area contributed by atoms with Crippen LogP contribution in [0.25, 0.3) is 0 Å². The summed E-state index contributed by atoms with van der Waals surface area (Å²) < 4.78 is 27.8. The van der Waals surface area contributed by atoms with E-state index >= 15 is 0 Å². The summed E-state index contributed by atoms with van der Waals surface area (Å²) in [6.07, 6.45) is -0.00132. The minimum atomic E-state index is -3.57. The highest BCUT2D eigenvalue weighted by Gasteiger charge is 2.15. The van der Waals surface area contributed by atoms with Crippen LogP contribution in [0.3, 0.4) is 0 Å². The van der Waals surface area contributed by atoms with Crippen LogP contribution in [0, 0.1) is 6.92 Å². The highest BCUT2D eigenvalue weighted by atomic mass is 35.7. The second-order valence-corrected chi connectivity index (χ2v) is 6.68. The first-order valence-corrected chi connectivity index (χ1v) is 7.45. The molecule has 0 saturated heterocycles. The van der Waals surface area contributed by atoms with Gasteiger partial charge in [-0.3, -0.25) is 0 Å². The van der Waals surface area contributed by atoms with E-state index in [1.54, 1.807) is 6.07 Å². The van der Waals surface area contributed by atoms with Gasteiger partial charge in [0.2, 0.25) is 9.05 Å². The maximum atomic E-state index is 11.1. The Hall–Kier alpha value is -0.740. The molecule has 3 nitrogen and oxygen atoms in total. The highest BCUT2D eigenvalue weighted by Crippen LogP contribution is 2.26. The Labute approximate surface area is 101 Å². The van der Waals surface area contributed by atoms with Gasteiger partial charge in [-0.25, -0.2) is 8.42 Å². The monoisotopic (exact) mass is 262 g/mol. The number of ether oxygens (including phenoxy) is 1. The van der Waals surface area contributed by atoms with E-state index in [9.17, 15) is 8.42 Å². The third-order valence-corrected chi connectivity index (χ3v) is 3.01. The molecule has 0 bridgehead atoms. The van der Waals surface area contributed by atoms with Crippen LogP contribution in [0.1, 0.15) is 25.0 Å². The molecule has 0 amide bonds. The van der Waals surface area contributed by atoms with Crippen LogP contribution >= 0.6 is 10.7 Å². The van der Waals surface area contributed by atoms with Gasteiger partial charge in [-0.1, -0.05) is 12.1 Å². The molecule has 0 radical (unpaired) electrons.